The molecule has 0 N–H and O–H groups in total. The summed E-state index contributed by atoms with van der Waals surface area (Å²) in [6.07, 6.45) is 1.17. The summed E-state index contributed by atoms with van der Waals surface area (Å²) in [6.45, 7) is 8.71. The number of rotatable bonds is 4. The second-order valence-corrected chi connectivity index (χ2v) is 11.8. The number of halogens is 1. The van der Waals surface area contributed by atoms with Crippen LogP contribution in [0.2, 0.25) is 5.02 Å². The Labute approximate surface area is 195 Å². The zero-order valence-corrected chi connectivity index (χ0v) is 20.5. The number of sulfone groups is 1. The lowest BCUT2D eigenvalue weighted by Gasteiger charge is -2.24. The van der Waals surface area contributed by atoms with Gasteiger partial charge in [-0.15, -0.1) is 0 Å². The van der Waals surface area contributed by atoms with Gasteiger partial charge in [0.25, 0.3) is 0 Å². The molecule has 2 aromatic carbocycles. The van der Waals surface area contributed by atoms with Gasteiger partial charge >= 0.3 is 0 Å². The van der Waals surface area contributed by atoms with Gasteiger partial charge in [-0.25, -0.2) is 8.42 Å². The first-order valence-corrected chi connectivity index (χ1v) is 12.8. The van der Waals surface area contributed by atoms with Gasteiger partial charge in [-0.1, -0.05) is 68.8 Å². The smallest absolute Gasteiger partial charge is 0.183 e. The van der Waals surface area contributed by atoms with E-state index in [0.29, 0.717) is 35.0 Å². The van der Waals surface area contributed by atoms with Crippen molar-refractivity contribution in [2.75, 3.05) is 5.75 Å². The van der Waals surface area contributed by atoms with Gasteiger partial charge in [-0.05, 0) is 47.9 Å². The van der Waals surface area contributed by atoms with Crippen LogP contribution in [-0.4, -0.2) is 19.2 Å². The highest BCUT2D eigenvalue weighted by Gasteiger charge is 2.30. The zero-order chi connectivity index (χ0) is 23.1. The fourth-order valence-electron chi connectivity index (χ4n) is 4.11. The molecule has 4 rings (SSSR count). The molecule has 0 spiro atoms. The van der Waals surface area contributed by atoms with E-state index in [9.17, 15) is 8.42 Å². The summed E-state index contributed by atoms with van der Waals surface area (Å²) in [4.78, 5) is 5.01. The molecule has 1 aromatic heterocycles. The van der Waals surface area contributed by atoms with Crippen molar-refractivity contribution in [3.8, 4) is 17.0 Å². The Hall–Kier alpha value is -2.37. The number of hydrogen-bond donors (Lipinski definition) is 0. The van der Waals surface area contributed by atoms with E-state index >= 15 is 0 Å². The maximum absolute atomic E-state index is 12.9. The molecule has 3 aromatic rings. The molecule has 0 saturated heterocycles. The van der Waals surface area contributed by atoms with Crippen LogP contribution < -0.4 is 4.74 Å². The van der Waals surface area contributed by atoms with Crippen LogP contribution in [0.5, 0.6) is 5.75 Å². The van der Waals surface area contributed by atoms with E-state index in [1.807, 2.05) is 43.3 Å². The number of benzene rings is 2. The van der Waals surface area contributed by atoms with E-state index < -0.39 is 9.84 Å². The van der Waals surface area contributed by atoms with Crippen LogP contribution in [0.15, 0.2) is 53.4 Å². The first-order chi connectivity index (χ1) is 15.1. The van der Waals surface area contributed by atoms with E-state index in [1.54, 1.807) is 6.07 Å². The number of ether oxygens (including phenoxy) is 1. The third-order valence-corrected chi connectivity index (χ3v) is 7.98. The van der Waals surface area contributed by atoms with Crippen molar-refractivity contribution in [3.05, 3.63) is 75.9 Å². The van der Waals surface area contributed by atoms with Gasteiger partial charge in [0.1, 0.15) is 17.3 Å². The zero-order valence-electron chi connectivity index (χ0n) is 18.9. The highest BCUT2D eigenvalue weighted by Crippen LogP contribution is 2.39. The third-order valence-electron chi connectivity index (χ3n) is 5.78. The minimum absolute atomic E-state index is 0.0817. The summed E-state index contributed by atoms with van der Waals surface area (Å²) < 4.78 is 31.9. The number of hydrogen-bond acceptors (Lipinski definition) is 4. The number of aromatic nitrogens is 1. The Morgan fingerprint density at radius 2 is 1.81 bits per heavy atom. The number of pyridine rings is 1. The van der Waals surface area contributed by atoms with Gasteiger partial charge in [0, 0.05) is 16.7 Å². The van der Waals surface area contributed by atoms with Crippen molar-refractivity contribution in [3.63, 3.8) is 0 Å². The highest BCUT2D eigenvalue weighted by atomic mass is 35.5. The lowest BCUT2D eigenvalue weighted by molar-refractivity contribution is 0.296. The normalized spacial score (nSPS) is 15.3. The van der Waals surface area contributed by atoms with Gasteiger partial charge in [-0.2, -0.15) is 0 Å². The first-order valence-electron chi connectivity index (χ1n) is 10.8. The molecule has 0 radical (unpaired) electrons. The highest BCUT2D eigenvalue weighted by molar-refractivity contribution is 7.91. The van der Waals surface area contributed by atoms with Crippen LogP contribution in [0, 0.1) is 6.92 Å². The molecule has 6 heteroatoms. The van der Waals surface area contributed by atoms with Gasteiger partial charge in [-0.3, -0.25) is 4.98 Å². The van der Waals surface area contributed by atoms with Crippen molar-refractivity contribution in [1.82, 2.24) is 4.98 Å². The summed E-state index contributed by atoms with van der Waals surface area (Å²) in [6, 6.07) is 15.5. The number of aryl methyl sites for hydroxylation is 2. The fraction of sp³-hybridized carbons (Fsp3) is 0.346. The predicted molar refractivity (Wildman–Crippen MR) is 129 cm³/mol. The second-order valence-electron chi connectivity index (χ2n) is 9.38. The summed E-state index contributed by atoms with van der Waals surface area (Å²) >= 11 is 6.65. The molecule has 0 fully saturated rings. The maximum Gasteiger partial charge on any atom is 0.183 e. The molecule has 1 aliphatic rings. The molecule has 32 heavy (non-hydrogen) atoms. The quantitative estimate of drug-likeness (QED) is 0.449. The molecule has 4 nitrogen and oxygen atoms in total. The maximum atomic E-state index is 12.9. The van der Waals surface area contributed by atoms with Crippen LogP contribution in [0.3, 0.4) is 0 Å². The predicted octanol–water partition coefficient (Wildman–Crippen LogP) is 6.31. The lowest BCUT2D eigenvalue weighted by atomic mass is 9.85. The molecule has 0 aliphatic carbocycles. The largest absolute Gasteiger partial charge is 0.487 e. The number of fused-ring (bicyclic) bond motifs is 1. The van der Waals surface area contributed by atoms with Crippen LogP contribution in [0.4, 0.5) is 0 Å². The molecular weight excluding hydrogens is 442 g/mol. The van der Waals surface area contributed by atoms with Gasteiger partial charge in [0.2, 0.25) is 0 Å². The van der Waals surface area contributed by atoms with Crippen molar-refractivity contribution in [2.24, 2.45) is 0 Å². The lowest BCUT2D eigenvalue weighted by Crippen LogP contribution is -2.19. The molecule has 0 bridgehead atoms. The first kappa shape index (κ1) is 22.8. The SMILES string of the molecule is Cc1cc(C(C)(C)C)c(Cl)cc1-c1cc(OCc2ccccc2)c2c(n1)CCCS2(=O)=O. The Morgan fingerprint density at radius 1 is 1.09 bits per heavy atom. The molecule has 2 heterocycles. The van der Waals surface area contributed by atoms with E-state index in [-0.39, 0.29) is 22.7 Å². The average Bonchev–Trinajstić information content (AvgIpc) is 2.72. The van der Waals surface area contributed by atoms with Crippen molar-refractivity contribution >= 4 is 21.4 Å². The minimum Gasteiger partial charge on any atom is -0.487 e. The van der Waals surface area contributed by atoms with Crippen LogP contribution >= 0.6 is 11.6 Å². The summed E-state index contributed by atoms with van der Waals surface area (Å²) in [5.74, 6) is 0.484. The van der Waals surface area contributed by atoms with Gasteiger partial charge < -0.3 is 4.74 Å². The van der Waals surface area contributed by atoms with Crippen molar-refractivity contribution in [2.45, 2.75) is 57.5 Å². The molecule has 0 atom stereocenters. The second kappa shape index (κ2) is 8.53. The Kier molecular flexibility index (Phi) is 6.08. The molecule has 0 unspecified atom stereocenters. The fourth-order valence-corrected chi connectivity index (χ4v) is 6.21. The third kappa shape index (κ3) is 4.55. The summed E-state index contributed by atoms with van der Waals surface area (Å²) in [5.41, 5.74) is 5.15. The Balaban J connectivity index is 1.83. The van der Waals surface area contributed by atoms with Crippen molar-refractivity contribution in [1.29, 1.82) is 0 Å². The molecule has 0 amide bonds. The average molecular weight is 470 g/mol. The summed E-state index contributed by atoms with van der Waals surface area (Å²) in [7, 11) is -3.43. The molecular formula is C26H28ClNO3S. The van der Waals surface area contributed by atoms with E-state index in [0.717, 1.165) is 22.3 Å². The summed E-state index contributed by atoms with van der Waals surface area (Å²) in [5, 5.41) is 0.678. The number of nitrogens with zero attached hydrogens (tertiary/aromatic N) is 1. The molecule has 168 valence electrons. The standard InChI is InChI=1S/C26H28ClNO3S/c1-17-13-20(26(2,3)4)21(27)14-19(17)23-15-24(31-16-18-9-6-5-7-10-18)25-22(28-23)11-8-12-32(25,29)30/h5-7,9-10,13-15H,8,11-12,16H2,1-4H3. The van der Waals surface area contributed by atoms with Gasteiger partial charge in [0.15, 0.2) is 9.84 Å². The monoisotopic (exact) mass is 469 g/mol. The van der Waals surface area contributed by atoms with E-state index in [1.165, 1.54) is 0 Å². The van der Waals surface area contributed by atoms with Crippen LogP contribution in [0.25, 0.3) is 11.3 Å². The minimum atomic E-state index is -3.43. The van der Waals surface area contributed by atoms with Crippen LogP contribution in [-0.2, 0) is 28.3 Å². The molecule has 1 aliphatic heterocycles. The topological polar surface area (TPSA) is 56.3 Å². The van der Waals surface area contributed by atoms with Crippen molar-refractivity contribution < 1.29 is 13.2 Å². The Bertz CT molecular complexity index is 1260. The van der Waals surface area contributed by atoms with E-state index in [2.05, 4.69) is 26.8 Å². The van der Waals surface area contributed by atoms with Gasteiger partial charge in [0.05, 0.1) is 17.1 Å². The molecule has 0 saturated carbocycles. The van der Waals surface area contributed by atoms with E-state index in [4.69, 9.17) is 21.3 Å². The van der Waals surface area contributed by atoms with Crippen LogP contribution in [0.1, 0.15) is 49.6 Å². The Morgan fingerprint density at radius 3 is 2.50 bits per heavy atom.